The number of aryl methyl sites for hydroxylation is 1. The molecule has 0 aromatic heterocycles. The maximum atomic E-state index is 13.1. The highest BCUT2D eigenvalue weighted by atomic mass is 79.9. The molecule has 2 amide bonds. The quantitative estimate of drug-likeness (QED) is 0.498. The van der Waals surface area contributed by atoms with Gasteiger partial charge in [0.2, 0.25) is 0 Å². The molecule has 6 nitrogen and oxygen atoms in total. The van der Waals surface area contributed by atoms with Crippen molar-refractivity contribution in [2.45, 2.75) is 78.0 Å². The fourth-order valence-corrected chi connectivity index (χ4v) is 4.71. The third kappa shape index (κ3) is 4.71. The first-order valence-corrected chi connectivity index (χ1v) is 10.9. The Morgan fingerprint density at radius 2 is 1.62 bits per heavy atom. The third-order valence-corrected chi connectivity index (χ3v) is 5.54. The van der Waals surface area contributed by atoms with E-state index in [1.54, 1.807) is 9.80 Å². The predicted octanol–water partition coefficient (Wildman–Crippen LogP) is 5.61. The molecule has 160 valence electrons. The smallest absolute Gasteiger partial charge is 0.415 e. The van der Waals surface area contributed by atoms with Crippen molar-refractivity contribution in [1.29, 1.82) is 0 Å². The molecule has 2 aliphatic rings. The maximum absolute atomic E-state index is 13.1. The number of carbonyl (C=O) groups is 2. The normalized spacial score (nSPS) is 21.5. The Hall–Kier alpha value is -1.76. The first kappa shape index (κ1) is 21.9. The summed E-state index contributed by atoms with van der Waals surface area (Å²) >= 11 is 3.58. The molecule has 0 bridgehead atoms. The Labute approximate surface area is 181 Å². The van der Waals surface area contributed by atoms with Crippen LogP contribution >= 0.6 is 15.9 Å². The fourth-order valence-electron chi connectivity index (χ4n) is 4.12. The predicted molar refractivity (Wildman–Crippen MR) is 117 cm³/mol. The molecular weight excluding hydrogens is 436 g/mol. The summed E-state index contributed by atoms with van der Waals surface area (Å²) in [6, 6.07) is 4.04. The highest BCUT2D eigenvalue weighted by molar-refractivity contribution is 9.10. The van der Waals surface area contributed by atoms with Gasteiger partial charge in [0, 0.05) is 23.5 Å². The Morgan fingerprint density at radius 1 is 1.03 bits per heavy atom. The van der Waals surface area contributed by atoms with E-state index in [-0.39, 0.29) is 24.1 Å². The average molecular weight is 467 g/mol. The van der Waals surface area contributed by atoms with Crippen LogP contribution in [0, 0.1) is 6.92 Å². The van der Waals surface area contributed by atoms with E-state index in [0.29, 0.717) is 19.5 Å². The number of carbonyl (C=O) groups excluding carboxylic acids is 2. The molecule has 1 saturated heterocycles. The van der Waals surface area contributed by atoms with E-state index in [2.05, 4.69) is 22.0 Å². The number of anilines is 1. The van der Waals surface area contributed by atoms with E-state index in [1.807, 2.05) is 54.5 Å². The minimum atomic E-state index is -0.574. The highest BCUT2D eigenvalue weighted by Crippen LogP contribution is 2.48. The van der Waals surface area contributed by atoms with Crippen molar-refractivity contribution >= 4 is 33.8 Å². The molecule has 3 rings (SSSR count). The molecular formula is C22H31BrN2O4. The molecule has 1 aromatic carbocycles. The Bertz CT molecular complexity index is 825. The van der Waals surface area contributed by atoms with E-state index in [1.165, 1.54) is 0 Å². The fraction of sp³-hybridized carbons (Fsp3) is 0.636. The van der Waals surface area contributed by atoms with Gasteiger partial charge in [0.15, 0.2) is 0 Å². The monoisotopic (exact) mass is 466 g/mol. The van der Waals surface area contributed by atoms with Crippen LogP contribution < -0.4 is 4.90 Å². The molecule has 2 aliphatic heterocycles. The highest BCUT2D eigenvalue weighted by Gasteiger charge is 2.47. The van der Waals surface area contributed by atoms with Gasteiger partial charge in [-0.2, -0.15) is 0 Å². The molecule has 0 aliphatic carbocycles. The summed E-state index contributed by atoms with van der Waals surface area (Å²) in [6.07, 6.45) is 0.0388. The van der Waals surface area contributed by atoms with Gasteiger partial charge in [-0.15, -0.1) is 0 Å². The molecule has 0 unspecified atom stereocenters. The molecule has 0 saturated carbocycles. The van der Waals surface area contributed by atoms with Crippen molar-refractivity contribution in [2.24, 2.45) is 0 Å². The van der Waals surface area contributed by atoms with Crippen LogP contribution in [0.15, 0.2) is 16.6 Å². The number of ether oxygens (including phenoxy) is 2. The van der Waals surface area contributed by atoms with Gasteiger partial charge < -0.3 is 14.4 Å². The minimum absolute atomic E-state index is 0.0231. The van der Waals surface area contributed by atoms with Gasteiger partial charge in [0.1, 0.15) is 11.2 Å². The van der Waals surface area contributed by atoms with Crippen molar-refractivity contribution in [3.8, 4) is 0 Å². The number of halogens is 1. The van der Waals surface area contributed by atoms with Crippen molar-refractivity contribution in [2.75, 3.05) is 18.0 Å². The number of piperidine rings is 1. The van der Waals surface area contributed by atoms with Gasteiger partial charge in [-0.05, 0) is 78.1 Å². The van der Waals surface area contributed by atoms with Crippen LogP contribution in [0.2, 0.25) is 0 Å². The van der Waals surface area contributed by atoms with E-state index in [9.17, 15) is 9.59 Å². The summed E-state index contributed by atoms with van der Waals surface area (Å²) in [4.78, 5) is 29.3. The van der Waals surface area contributed by atoms with Crippen LogP contribution in [0.4, 0.5) is 15.3 Å². The summed E-state index contributed by atoms with van der Waals surface area (Å²) in [7, 11) is 0. The minimum Gasteiger partial charge on any atom is -0.444 e. The largest absolute Gasteiger partial charge is 0.444 e. The zero-order chi connectivity index (χ0) is 21.7. The van der Waals surface area contributed by atoms with Crippen LogP contribution in [0.5, 0.6) is 0 Å². The summed E-state index contributed by atoms with van der Waals surface area (Å²) in [5.74, 6) is 0.0231. The summed E-state index contributed by atoms with van der Waals surface area (Å²) < 4.78 is 12.3. The van der Waals surface area contributed by atoms with Crippen molar-refractivity contribution in [3.05, 3.63) is 27.7 Å². The lowest BCUT2D eigenvalue weighted by atomic mass is 9.89. The van der Waals surface area contributed by atoms with E-state index >= 15 is 0 Å². The Kier molecular flexibility index (Phi) is 5.67. The lowest BCUT2D eigenvalue weighted by Crippen LogP contribution is -2.51. The van der Waals surface area contributed by atoms with E-state index in [4.69, 9.17) is 9.47 Å². The number of likely N-dealkylation sites (tertiary alicyclic amines) is 1. The number of nitrogens with zero attached hydrogens (tertiary/aromatic N) is 2. The van der Waals surface area contributed by atoms with Gasteiger partial charge in [-0.25, -0.2) is 9.59 Å². The van der Waals surface area contributed by atoms with Crippen LogP contribution in [0.25, 0.3) is 0 Å². The number of amides is 2. The zero-order valence-electron chi connectivity index (χ0n) is 18.3. The zero-order valence-corrected chi connectivity index (χ0v) is 19.9. The second-order valence-electron chi connectivity index (χ2n) is 9.90. The molecule has 1 aromatic rings. The SMILES string of the molecule is Cc1cc(Br)cc2c1N(C(=O)OC(C)(C)C)[C@@H]1CCN(C(=O)OC(C)(C)C)C[C@H]21. The Balaban J connectivity index is 1.94. The number of hydrogen-bond acceptors (Lipinski definition) is 4. The van der Waals surface area contributed by atoms with Crippen LogP contribution in [0.3, 0.4) is 0 Å². The van der Waals surface area contributed by atoms with Gasteiger partial charge >= 0.3 is 12.2 Å². The molecule has 7 heteroatoms. The molecule has 0 radical (unpaired) electrons. The van der Waals surface area contributed by atoms with Gasteiger partial charge in [0.05, 0.1) is 11.7 Å². The van der Waals surface area contributed by atoms with Crippen molar-refractivity contribution < 1.29 is 19.1 Å². The first-order valence-electron chi connectivity index (χ1n) is 10.1. The molecule has 0 spiro atoms. The van der Waals surface area contributed by atoms with E-state index in [0.717, 1.165) is 21.3 Å². The lowest BCUT2D eigenvalue weighted by Gasteiger charge is -2.38. The van der Waals surface area contributed by atoms with Crippen LogP contribution in [0.1, 0.15) is 65.0 Å². The van der Waals surface area contributed by atoms with Crippen molar-refractivity contribution in [3.63, 3.8) is 0 Å². The summed E-state index contributed by atoms with van der Waals surface area (Å²) in [6.45, 7) is 14.3. The van der Waals surface area contributed by atoms with Crippen molar-refractivity contribution in [1.82, 2.24) is 4.90 Å². The van der Waals surface area contributed by atoms with Gasteiger partial charge in [0.25, 0.3) is 0 Å². The number of hydrogen-bond donors (Lipinski definition) is 0. The number of fused-ring (bicyclic) bond motifs is 3. The summed E-state index contributed by atoms with van der Waals surface area (Å²) in [5, 5.41) is 0. The second-order valence-corrected chi connectivity index (χ2v) is 10.8. The first-order chi connectivity index (χ1) is 13.3. The maximum Gasteiger partial charge on any atom is 0.415 e. The van der Waals surface area contributed by atoms with Crippen LogP contribution in [-0.2, 0) is 9.47 Å². The third-order valence-electron chi connectivity index (χ3n) is 5.08. The topological polar surface area (TPSA) is 59.1 Å². The molecule has 0 N–H and O–H groups in total. The molecule has 2 atom stereocenters. The van der Waals surface area contributed by atoms with Gasteiger partial charge in [-0.3, -0.25) is 4.90 Å². The van der Waals surface area contributed by atoms with Crippen LogP contribution in [-0.4, -0.2) is 47.4 Å². The van der Waals surface area contributed by atoms with Gasteiger partial charge in [-0.1, -0.05) is 15.9 Å². The number of benzene rings is 1. The molecule has 29 heavy (non-hydrogen) atoms. The Morgan fingerprint density at radius 3 is 2.21 bits per heavy atom. The molecule has 1 fully saturated rings. The second kappa shape index (κ2) is 7.49. The lowest BCUT2D eigenvalue weighted by molar-refractivity contribution is 0.0185. The molecule has 2 heterocycles. The standard InChI is InChI=1S/C22H31BrN2O4/c1-13-10-14(23)11-15-16-12-24(19(26)28-21(2,3)4)9-8-17(16)25(18(13)15)20(27)29-22(5,6)7/h10-11,16-17H,8-9,12H2,1-7H3/t16-,17-/m1/s1. The number of rotatable bonds is 0. The summed E-state index contributed by atoms with van der Waals surface area (Å²) in [5.41, 5.74) is 1.88. The average Bonchev–Trinajstić information content (AvgIpc) is 2.85. The van der Waals surface area contributed by atoms with E-state index < -0.39 is 11.2 Å².